The second-order valence-corrected chi connectivity index (χ2v) is 7.99. The van der Waals surface area contributed by atoms with E-state index in [1.165, 1.54) is 24.6 Å². The minimum absolute atomic E-state index is 0.130. The summed E-state index contributed by atoms with van der Waals surface area (Å²) >= 11 is 0. The van der Waals surface area contributed by atoms with Gasteiger partial charge in [-0.25, -0.2) is 8.42 Å². The fourth-order valence-electron chi connectivity index (χ4n) is 3.25. The number of fused-ring (bicyclic) bond motifs is 2. The second kappa shape index (κ2) is 6.37. The van der Waals surface area contributed by atoms with Gasteiger partial charge in [-0.1, -0.05) is 0 Å². The molecule has 0 bridgehead atoms. The zero-order valence-corrected chi connectivity index (χ0v) is 15.3. The largest absolute Gasteiger partial charge is 0.497 e. The zero-order valence-electron chi connectivity index (χ0n) is 14.5. The molecule has 0 aliphatic carbocycles. The Hall–Kier alpha value is -2.45. The van der Waals surface area contributed by atoms with Gasteiger partial charge in [0.05, 0.1) is 14.2 Å². The summed E-state index contributed by atoms with van der Waals surface area (Å²) in [6.07, 6.45) is 0.615. The van der Waals surface area contributed by atoms with Gasteiger partial charge in [0.15, 0.2) is 11.5 Å². The van der Waals surface area contributed by atoms with Crippen LogP contribution in [0, 0.1) is 0 Å². The van der Waals surface area contributed by atoms with E-state index in [9.17, 15) is 8.42 Å². The van der Waals surface area contributed by atoms with Crippen molar-refractivity contribution in [3.05, 3.63) is 41.5 Å². The molecule has 2 aromatic carbocycles. The van der Waals surface area contributed by atoms with Gasteiger partial charge >= 0.3 is 0 Å². The van der Waals surface area contributed by atoms with Crippen LogP contribution in [0.15, 0.2) is 35.2 Å². The smallest absolute Gasteiger partial charge is 0.247 e. The first-order chi connectivity index (χ1) is 12.5. The van der Waals surface area contributed by atoms with E-state index in [2.05, 4.69) is 0 Å². The van der Waals surface area contributed by atoms with Crippen LogP contribution in [-0.2, 0) is 23.0 Å². The fraction of sp³-hybridized carbons (Fsp3) is 0.333. The van der Waals surface area contributed by atoms with E-state index in [1.54, 1.807) is 12.1 Å². The average Bonchev–Trinajstić information content (AvgIpc) is 3.12. The van der Waals surface area contributed by atoms with Gasteiger partial charge in [0.2, 0.25) is 16.8 Å². The van der Waals surface area contributed by atoms with E-state index in [0.717, 1.165) is 16.9 Å². The minimum atomic E-state index is -3.71. The topological polar surface area (TPSA) is 74.3 Å². The molecule has 0 spiro atoms. The van der Waals surface area contributed by atoms with Gasteiger partial charge in [-0.15, -0.1) is 0 Å². The van der Waals surface area contributed by atoms with Gasteiger partial charge in [-0.05, 0) is 41.8 Å². The highest BCUT2D eigenvalue weighted by atomic mass is 32.2. The van der Waals surface area contributed by atoms with Crippen molar-refractivity contribution < 1.29 is 27.4 Å². The van der Waals surface area contributed by atoms with Crippen LogP contribution in [0.2, 0.25) is 0 Å². The maximum absolute atomic E-state index is 13.2. The molecule has 0 amide bonds. The van der Waals surface area contributed by atoms with Crippen molar-refractivity contribution in [2.45, 2.75) is 17.9 Å². The molecule has 7 nitrogen and oxygen atoms in total. The highest BCUT2D eigenvalue weighted by molar-refractivity contribution is 7.89. The Morgan fingerprint density at radius 1 is 1.00 bits per heavy atom. The van der Waals surface area contributed by atoms with Crippen molar-refractivity contribution >= 4 is 10.0 Å². The summed E-state index contributed by atoms with van der Waals surface area (Å²) in [5.41, 5.74) is 2.01. The number of nitrogens with zero attached hydrogens (tertiary/aromatic N) is 1. The van der Waals surface area contributed by atoms with E-state index in [4.69, 9.17) is 18.9 Å². The molecule has 26 heavy (non-hydrogen) atoms. The zero-order chi connectivity index (χ0) is 18.3. The summed E-state index contributed by atoms with van der Waals surface area (Å²) < 4.78 is 49.0. The Kier molecular flexibility index (Phi) is 4.16. The Morgan fingerprint density at radius 2 is 1.73 bits per heavy atom. The van der Waals surface area contributed by atoms with Crippen LogP contribution in [0.5, 0.6) is 23.0 Å². The van der Waals surface area contributed by atoms with Gasteiger partial charge in [0.25, 0.3) is 0 Å². The molecular weight excluding hydrogens is 358 g/mol. The maximum Gasteiger partial charge on any atom is 0.247 e. The van der Waals surface area contributed by atoms with Gasteiger partial charge in [0.1, 0.15) is 16.4 Å². The molecule has 0 unspecified atom stereocenters. The molecule has 0 saturated heterocycles. The SMILES string of the molecule is COc1ccc(S(=O)(=O)N2CCc3cc4c(cc3C2)OCO4)c(OC)c1. The van der Waals surface area contributed by atoms with Crippen LogP contribution >= 0.6 is 0 Å². The molecule has 0 saturated carbocycles. The van der Waals surface area contributed by atoms with Gasteiger partial charge in [-0.3, -0.25) is 0 Å². The lowest BCUT2D eigenvalue weighted by molar-refractivity contribution is 0.174. The monoisotopic (exact) mass is 377 g/mol. The maximum atomic E-state index is 13.2. The number of methoxy groups -OCH3 is 2. The number of rotatable bonds is 4. The molecule has 0 N–H and O–H groups in total. The van der Waals surface area contributed by atoms with E-state index < -0.39 is 10.0 Å². The third-order valence-electron chi connectivity index (χ3n) is 4.66. The van der Waals surface area contributed by atoms with Crippen molar-refractivity contribution in [3.63, 3.8) is 0 Å². The standard InChI is InChI=1S/C18H19NO6S/c1-22-14-3-4-18(17(9-14)23-2)26(20,21)19-6-5-12-7-15-16(25-11-24-15)8-13(12)10-19/h3-4,7-9H,5-6,10-11H2,1-2H3. The van der Waals surface area contributed by atoms with E-state index >= 15 is 0 Å². The second-order valence-electron chi connectivity index (χ2n) is 6.08. The van der Waals surface area contributed by atoms with E-state index in [-0.39, 0.29) is 24.0 Å². The lowest BCUT2D eigenvalue weighted by Crippen LogP contribution is -2.36. The first-order valence-electron chi connectivity index (χ1n) is 8.16. The quantitative estimate of drug-likeness (QED) is 0.813. The molecule has 2 aliphatic heterocycles. The van der Waals surface area contributed by atoms with Crippen LogP contribution in [0.3, 0.4) is 0 Å². The molecule has 2 aromatic rings. The Labute approximate surface area is 152 Å². The van der Waals surface area contributed by atoms with Gasteiger partial charge < -0.3 is 18.9 Å². The summed E-state index contributed by atoms with van der Waals surface area (Å²) in [5.74, 6) is 2.18. The van der Waals surface area contributed by atoms with Gasteiger partial charge in [-0.2, -0.15) is 4.31 Å². The number of ether oxygens (including phenoxy) is 4. The first kappa shape index (κ1) is 17.0. The highest BCUT2D eigenvalue weighted by Crippen LogP contribution is 2.38. The summed E-state index contributed by atoms with van der Waals surface area (Å²) in [7, 11) is -0.739. The summed E-state index contributed by atoms with van der Waals surface area (Å²) in [5, 5.41) is 0. The van der Waals surface area contributed by atoms with Crippen LogP contribution in [0.1, 0.15) is 11.1 Å². The van der Waals surface area contributed by atoms with Crippen molar-refractivity contribution in [2.24, 2.45) is 0 Å². The molecule has 0 aromatic heterocycles. The van der Waals surface area contributed by atoms with Crippen molar-refractivity contribution in [1.29, 1.82) is 0 Å². The van der Waals surface area contributed by atoms with Crippen LogP contribution in [0.4, 0.5) is 0 Å². The summed E-state index contributed by atoms with van der Waals surface area (Å²) in [4.78, 5) is 0.130. The molecular formula is C18H19NO6S. The van der Waals surface area contributed by atoms with E-state index in [1.807, 2.05) is 12.1 Å². The third kappa shape index (κ3) is 2.75. The molecule has 0 atom stereocenters. The predicted molar refractivity (Wildman–Crippen MR) is 93.4 cm³/mol. The molecule has 8 heteroatoms. The third-order valence-corrected chi connectivity index (χ3v) is 6.55. The normalized spacial score (nSPS) is 16.2. The van der Waals surface area contributed by atoms with E-state index in [0.29, 0.717) is 24.5 Å². The highest BCUT2D eigenvalue weighted by Gasteiger charge is 2.32. The summed E-state index contributed by atoms with van der Waals surface area (Å²) in [6, 6.07) is 8.51. The first-order valence-corrected chi connectivity index (χ1v) is 9.60. The number of hydrogen-bond donors (Lipinski definition) is 0. The van der Waals surface area contributed by atoms with Crippen molar-refractivity contribution in [1.82, 2.24) is 4.31 Å². The Morgan fingerprint density at radius 3 is 2.42 bits per heavy atom. The Balaban J connectivity index is 1.68. The minimum Gasteiger partial charge on any atom is -0.497 e. The summed E-state index contributed by atoms with van der Waals surface area (Å²) in [6.45, 7) is 0.872. The molecule has 4 rings (SSSR count). The van der Waals surface area contributed by atoms with Crippen molar-refractivity contribution in [3.8, 4) is 23.0 Å². The fourth-order valence-corrected chi connectivity index (χ4v) is 4.81. The lowest BCUT2D eigenvalue weighted by atomic mass is 10.0. The van der Waals surface area contributed by atoms with Crippen molar-refractivity contribution in [2.75, 3.05) is 27.6 Å². The Bertz CT molecular complexity index is 956. The van der Waals surface area contributed by atoms with Crippen LogP contribution < -0.4 is 18.9 Å². The number of hydrogen-bond acceptors (Lipinski definition) is 6. The number of sulfonamides is 1. The lowest BCUT2D eigenvalue weighted by Gasteiger charge is -2.28. The molecule has 0 fully saturated rings. The van der Waals surface area contributed by atoms with Gasteiger partial charge in [0, 0.05) is 19.2 Å². The predicted octanol–water partition coefficient (Wildman–Crippen LogP) is 2.18. The number of benzene rings is 2. The van der Waals surface area contributed by atoms with Crippen LogP contribution in [-0.4, -0.2) is 40.3 Å². The molecule has 2 aliphatic rings. The van der Waals surface area contributed by atoms with Crippen LogP contribution in [0.25, 0.3) is 0 Å². The molecule has 138 valence electrons. The average molecular weight is 377 g/mol. The molecule has 2 heterocycles. The molecule has 0 radical (unpaired) electrons.